The van der Waals surface area contributed by atoms with Crippen LogP contribution in [-0.4, -0.2) is 0 Å². The third kappa shape index (κ3) is 9.22. The second-order valence-corrected chi connectivity index (χ2v) is 2.76. The number of hydrogen-bond donors (Lipinski definition) is 0. The molecule has 0 amide bonds. The van der Waals surface area contributed by atoms with Crippen molar-refractivity contribution >= 4 is 0 Å². The van der Waals surface area contributed by atoms with Gasteiger partial charge in [-0.3, -0.25) is 0 Å². The van der Waals surface area contributed by atoms with Crippen LogP contribution in [0.4, 0.5) is 0 Å². The predicted molar refractivity (Wildman–Crippen MR) is 57.2 cm³/mol. The molecule has 0 rings (SSSR count). The summed E-state index contributed by atoms with van der Waals surface area (Å²) in [5, 5.41) is 0. The van der Waals surface area contributed by atoms with E-state index in [0.717, 1.165) is 0 Å². The molecule has 0 fully saturated rings. The average molecular weight is 164 g/mol. The van der Waals surface area contributed by atoms with E-state index >= 15 is 0 Å². The van der Waals surface area contributed by atoms with Crippen LogP contribution in [0.5, 0.6) is 0 Å². The third-order valence-corrected chi connectivity index (χ3v) is 1.64. The molecule has 0 saturated carbocycles. The highest BCUT2D eigenvalue weighted by Crippen LogP contribution is 1.97. The Hall–Kier alpha value is -0.780. The van der Waals surface area contributed by atoms with Gasteiger partial charge in [0.15, 0.2) is 0 Å². The summed E-state index contributed by atoms with van der Waals surface area (Å²) < 4.78 is 0. The molecule has 0 radical (unpaired) electrons. The average Bonchev–Trinajstić information content (AvgIpc) is 2.10. The molecule has 0 unspecified atom stereocenters. The lowest BCUT2D eigenvalue weighted by atomic mass is 10.2. The monoisotopic (exact) mass is 164 g/mol. The highest BCUT2D eigenvalue weighted by atomic mass is 13.8. The Balaban J connectivity index is 3.14. The van der Waals surface area contributed by atoms with Crippen molar-refractivity contribution in [3.63, 3.8) is 0 Å². The van der Waals surface area contributed by atoms with Gasteiger partial charge in [0, 0.05) is 0 Å². The summed E-state index contributed by atoms with van der Waals surface area (Å²) in [6, 6.07) is 0. The maximum Gasteiger partial charge on any atom is -0.0316 e. The van der Waals surface area contributed by atoms with Crippen molar-refractivity contribution in [2.24, 2.45) is 0 Å². The van der Waals surface area contributed by atoms with Crippen LogP contribution in [0.3, 0.4) is 0 Å². The summed E-state index contributed by atoms with van der Waals surface area (Å²) >= 11 is 0. The maximum atomic E-state index is 2.27. The molecule has 0 atom stereocenters. The van der Waals surface area contributed by atoms with Crippen LogP contribution in [-0.2, 0) is 0 Å². The van der Waals surface area contributed by atoms with Crippen molar-refractivity contribution in [2.45, 2.75) is 39.5 Å². The zero-order valence-electron chi connectivity index (χ0n) is 8.29. The molecule has 12 heavy (non-hydrogen) atoms. The van der Waals surface area contributed by atoms with E-state index in [1.807, 2.05) is 0 Å². The van der Waals surface area contributed by atoms with Gasteiger partial charge in [-0.15, -0.1) is 0 Å². The third-order valence-electron chi connectivity index (χ3n) is 1.64. The standard InChI is InChI=1S/C12H20/c1-3-5-7-9-11-12-10-8-6-4-2/h3-6,11-12H,7-10H2,1-2H3/b5-3-,6-4+,12-11+. The Morgan fingerprint density at radius 2 is 0.917 bits per heavy atom. The van der Waals surface area contributed by atoms with Gasteiger partial charge in [-0.05, 0) is 39.5 Å². The molecule has 0 nitrogen and oxygen atoms in total. The van der Waals surface area contributed by atoms with Crippen LogP contribution in [0.25, 0.3) is 0 Å². The van der Waals surface area contributed by atoms with E-state index < -0.39 is 0 Å². The Bertz CT molecular complexity index is 131. The smallest absolute Gasteiger partial charge is 0.0316 e. The first kappa shape index (κ1) is 11.2. The van der Waals surface area contributed by atoms with Crippen LogP contribution in [0, 0.1) is 0 Å². The molecule has 0 bridgehead atoms. The maximum absolute atomic E-state index is 2.27. The fourth-order valence-corrected chi connectivity index (χ4v) is 0.954. The minimum atomic E-state index is 1.18. The number of unbranched alkanes of at least 4 members (excludes halogenated alkanes) is 2. The fourth-order valence-electron chi connectivity index (χ4n) is 0.954. The molecule has 0 spiro atoms. The number of allylic oxidation sites excluding steroid dienone is 6. The quantitative estimate of drug-likeness (QED) is 0.406. The summed E-state index contributed by atoms with van der Waals surface area (Å²) in [4.78, 5) is 0. The Morgan fingerprint density at radius 1 is 0.583 bits per heavy atom. The highest BCUT2D eigenvalue weighted by molar-refractivity contribution is 4.88. The topological polar surface area (TPSA) is 0 Å². The van der Waals surface area contributed by atoms with Crippen LogP contribution in [0.15, 0.2) is 36.5 Å². The zero-order valence-corrected chi connectivity index (χ0v) is 8.29. The van der Waals surface area contributed by atoms with Gasteiger partial charge in [-0.25, -0.2) is 0 Å². The molecular formula is C12H20. The van der Waals surface area contributed by atoms with Gasteiger partial charge in [0.25, 0.3) is 0 Å². The predicted octanol–water partition coefficient (Wildman–Crippen LogP) is 4.26. The second-order valence-electron chi connectivity index (χ2n) is 2.76. The van der Waals surface area contributed by atoms with Gasteiger partial charge < -0.3 is 0 Å². The number of rotatable bonds is 6. The van der Waals surface area contributed by atoms with Crippen molar-refractivity contribution in [2.75, 3.05) is 0 Å². The Morgan fingerprint density at radius 3 is 1.25 bits per heavy atom. The second kappa shape index (κ2) is 10.2. The van der Waals surface area contributed by atoms with Gasteiger partial charge in [0.2, 0.25) is 0 Å². The molecule has 0 saturated heterocycles. The summed E-state index contributed by atoms with van der Waals surface area (Å²) in [5.74, 6) is 0. The molecular weight excluding hydrogens is 144 g/mol. The van der Waals surface area contributed by atoms with Crippen LogP contribution < -0.4 is 0 Å². The largest absolute Gasteiger partial charge is 0.0917 e. The van der Waals surface area contributed by atoms with Gasteiger partial charge >= 0.3 is 0 Å². The minimum absolute atomic E-state index is 1.18. The van der Waals surface area contributed by atoms with E-state index in [4.69, 9.17) is 0 Å². The molecule has 0 heteroatoms. The van der Waals surface area contributed by atoms with E-state index in [2.05, 4.69) is 50.3 Å². The van der Waals surface area contributed by atoms with Gasteiger partial charge in [0.1, 0.15) is 0 Å². The van der Waals surface area contributed by atoms with Crippen molar-refractivity contribution in [3.05, 3.63) is 36.5 Å². The summed E-state index contributed by atoms with van der Waals surface area (Å²) in [7, 11) is 0. The van der Waals surface area contributed by atoms with E-state index in [0.29, 0.717) is 0 Å². The molecule has 0 aliphatic rings. The van der Waals surface area contributed by atoms with E-state index in [-0.39, 0.29) is 0 Å². The molecule has 0 aliphatic carbocycles. The lowest BCUT2D eigenvalue weighted by Gasteiger charge is -1.87. The molecule has 0 heterocycles. The highest BCUT2D eigenvalue weighted by Gasteiger charge is 1.76. The van der Waals surface area contributed by atoms with E-state index in [1.165, 1.54) is 25.7 Å². The Labute approximate surface area is 76.7 Å². The first-order valence-electron chi connectivity index (χ1n) is 4.79. The van der Waals surface area contributed by atoms with Crippen molar-refractivity contribution in [1.29, 1.82) is 0 Å². The number of hydrogen-bond acceptors (Lipinski definition) is 0. The minimum Gasteiger partial charge on any atom is -0.0917 e. The van der Waals surface area contributed by atoms with Crippen LogP contribution in [0.2, 0.25) is 0 Å². The van der Waals surface area contributed by atoms with Gasteiger partial charge in [-0.2, -0.15) is 0 Å². The first-order chi connectivity index (χ1) is 5.91. The van der Waals surface area contributed by atoms with Gasteiger partial charge in [0.05, 0.1) is 0 Å². The SMILES string of the molecule is C/C=C\CC/C=C/CC/C=C/C. The van der Waals surface area contributed by atoms with Gasteiger partial charge in [-0.1, -0.05) is 36.5 Å². The lowest BCUT2D eigenvalue weighted by molar-refractivity contribution is 1.00. The van der Waals surface area contributed by atoms with Crippen LogP contribution in [0.1, 0.15) is 39.5 Å². The fraction of sp³-hybridized carbons (Fsp3) is 0.500. The van der Waals surface area contributed by atoms with E-state index in [9.17, 15) is 0 Å². The summed E-state index contributed by atoms with van der Waals surface area (Å²) in [6.45, 7) is 4.13. The van der Waals surface area contributed by atoms with Crippen molar-refractivity contribution in [3.8, 4) is 0 Å². The molecule has 0 N–H and O–H groups in total. The summed E-state index contributed by atoms with van der Waals surface area (Å²) in [6.07, 6.45) is 17.9. The lowest BCUT2D eigenvalue weighted by Crippen LogP contribution is -1.66. The van der Waals surface area contributed by atoms with Crippen molar-refractivity contribution in [1.82, 2.24) is 0 Å². The Kier molecular flexibility index (Phi) is 9.56. The van der Waals surface area contributed by atoms with Crippen LogP contribution >= 0.6 is 0 Å². The molecule has 0 aromatic carbocycles. The summed E-state index contributed by atoms with van der Waals surface area (Å²) in [5.41, 5.74) is 0. The van der Waals surface area contributed by atoms with Crippen molar-refractivity contribution < 1.29 is 0 Å². The molecule has 0 aliphatic heterocycles. The molecule has 0 aromatic rings. The molecule has 68 valence electrons. The zero-order chi connectivity index (χ0) is 9.07. The first-order valence-corrected chi connectivity index (χ1v) is 4.79. The normalized spacial score (nSPS) is 12.5. The van der Waals surface area contributed by atoms with E-state index in [1.54, 1.807) is 0 Å². The molecule has 0 aromatic heterocycles.